The number of fused-ring (bicyclic) bond motifs is 1. The van der Waals surface area contributed by atoms with Gasteiger partial charge in [0.2, 0.25) is 0 Å². The van der Waals surface area contributed by atoms with Crippen LogP contribution >= 0.6 is 0 Å². The molecule has 1 atom stereocenters. The number of amides is 1. The zero-order chi connectivity index (χ0) is 15.5. The zero-order valence-corrected chi connectivity index (χ0v) is 13.1. The molecule has 0 spiro atoms. The Morgan fingerprint density at radius 3 is 2.86 bits per heavy atom. The smallest absolute Gasteiger partial charge is 0.410 e. The van der Waals surface area contributed by atoms with E-state index in [-0.39, 0.29) is 12.0 Å². The molecule has 1 heterocycles. The minimum absolute atomic E-state index is 0.249. The molecule has 4 heteroatoms. The summed E-state index contributed by atoms with van der Waals surface area (Å²) in [5, 5.41) is 3.15. The van der Waals surface area contributed by atoms with Crippen LogP contribution in [-0.4, -0.2) is 29.7 Å². The van der Waals surface area contributed by atoms with Crippen molar-refractivity contribution in [2.24, 2.45) is 0 Å². The number of carbonyl (C=O) groups excluding carboxylic acids is 1. The van der Waals surface area contributed by atoms with Gasteiger partial charge in [0.15, 0.2) is 0 Å². The van der Waals surface area contributed by atoms with Crippen LogP contribution in [0.5, 0.6) is 0 Å². The van der Waals surface area contributed by atoms with E-state index >= 15 is 0 Å². The van der Waals surface area contributed by atoms with Gasteiger partial charge in [-0.05, 0) is 38.1 Å². The van der Waals surface area contributed by atoms with E-state index in [0.29, 0.717) is 13.1 Å². The first-order valence-corrected chi connectivity index (χ1v) is 7.30. The van der Waals surface area contributed by atoms with E-state index in [2.05, 4.69) is 24.0 Å². The van der Waals surface area contributed by atoms with Gasteiger partial charge in [0.1, 0.15) is 5.60 Å². The lowest BCUT2D eigenvalue weighted by Crippen LogP contribution is -2.43. The van der Waals surface area contributed by atoms with Crippen LogP contribution in [-0.2, 0) is 11.3 Å². The Balaban J connectivity index is 2.17. The Morgan fingerprint density at radius 1 is 1.48 bits per heavy atom. The van der Waals surface area contributed by atoms with E-state index in [0.717, 1.165) is 6.54 Å². The number of carbonyl (C=O) groups is 1. The Kier molecular flexibility index (Phi) is 4.56. The zero-order valence-electron chi connectivity index (χ0n) is 13.1. The number of nitrogens with one attached hydrogen (secondary N) is 1. The van der Waals surface area contributed by atoms with Crippen LogP contribution in [0.25, 0.3) is 0 Å². The third-order valence-electron chi connectivity index (χ3n) is 3.46. The lowest BCUT2D eigenvalue weighted by atomic mass is 9.90. The topological polar surface area (TPSA) is 41.6 Å². The largest absolute Gasteiger partial charge is 0.444 e. The summed E-state index contributed by atoms with van der Waals surface area (Å²) < 4.78 is 5.49. The predicted molar refractivity (Wildman–Crippen MR) is 84.0 cm³/mol. The normalized spacial score (nSPS) is 17.9. The highest BCUT2D eigenvalue weighted by atomic mass is 16.6. The van der Waals surface area contributed by atoms with Gasteiger partial charge in [-0.15, -0.1) is 0 Å². The first-order chi connectivity index (χ1) is 9.90. The van der Waals surface area contributed by atoms with Crippen molar-refractivity contribution in [2.45, 2.75) is 38.8 Å². The summed E-state index contributed by atoms with van der Waals surface area (Å²) in [6.45, 7) is 11.4. The van der Waals surface area contributed by atoms with E-state index in [9.17, 15) is 4.79 Å². The van der Waals surface area contributed by atoms with Crippen LogP contribution in [0.3, 0.4) is 0 Å². The van der Waals surface area contributed by atoms with E-state index in [4.69, 9.17) is 4.74 Å². The van der Waals surface area contributed by atoms with Crippen LogP contribution in [0.2, 0.25) is 0 Å². The van der Waals surface area contributed by atoms with E-state index in [1.165, 1.54) is 11.1 Å². The molecule has 2 rings (SSSR count). The molecule has 0 saturated carbocycles. The van der Waals surface area contributed by atoms with Gasteiger partial charge in [-0.2, -0.15) is 0 Å². The minimum atomic E-state index is -0.469. The minimum Gasteiger partial charge on any atom is -0.444 e. The monoisotopic (exact) mass is 288 g/mol. The fourth-order valence-corrected chi connectivity index (χ4v) is 2.58. The maximum atomic E-state index is 12.3. The van der Waals surface area contributed by atoms with Crippen molar-refractivity contribution in [1.82, 2.24) is 10.2 Å². The summed E-state index contributed by atoms with van der Waals surface area (Å²) in [7, 11) is 0. The van der Waals surface area contributed by atoms with Crippen molar-refractivity contribution in [3.63, 3.8) is 0 Å². The van der Waals surface area contributed by atoms with E-state index < -0.39 is 5.60 Å². The van der Waals surface area contributed by atoms with Crippen molar-refractivity contribution >= 4 is 6.09 Å². The second-order valence-corrected chi connectivity index (χ2v) is 6.37. The SMILES string of the molecule is C=CNCC1CN(C(=O)OC(C)(C)C)Cc2ccccc21. The summed E-state index contributed by atoms with van der Waals surface area (Å²) in [5.41, 5.74) is 2.01. The van der Waals surface area contributed by atoms with E-state index in [1.54, 1.807) is 11.1 Å². The van der Waals surface area contributed by atoms with Crippen LogP contribution in [0.1, 0.15) is 37.8 Å². The molecular formula is C17H24N2O2. The molecule has 1 N–H and O–H groups in total. The van der Waals surface area contributed by atoms with Crippen LogP contribution < -0.4 is 5.32 Å². The van der Waals surface area contributed by atoms with Gasteiger partial charge < -0.3 is 15.0 Å². The molecule has 4 nitrogen and oxygen atoms in total. The summed E-state index contributed by atoms with van der Waals surface area (Å²) in [5.74, 6) is 0.250. The maximum absolute atomic E-state index is 12.3. The first-order valence-electron chi connectivity index (χ1n) is 7.30. The third-order valence-corrected chi connectivity index (χ3v) is 3.46. The first kappa shape index (κ1) is 15.4. The third kappa shape index (κ3) is 4.00. The Bertz CT molecular complexity index is 520. The molecule has 0 aromatic heterocycles. The molecule has 1 aliphatic heterocycles. The van der Waals surface area contributed by atoms with Gasteiger partial charge in [-0.3, -0.25) is 0 Å². The summed E-state index contributed by atoms with van der Waals surface area (Å²) >= 11 is 0. The average Bonchev–Trinajstić information content (AvgIpc) is 2.42. The summed E-state index contributed by atoms with van der Waals surface area (Å²) in [6, 6.07) is 8.27. The number of nitrogens with zero attached hydrogens (tertiary/aromatic N) is 1. The van der Waals surface area contributed by atoms with Crippen molar-refractivity contribution in [3.05, 3.63) is 48.2 Å². The Morgan fingerprint density at radius 2 is 2.19 bits per heavy atom. The molecule has 1 aromatic rings. The molecule has 0 aliphatic carbocycles. The molecular weight excluding hydrogens is 264 g/mol. The van der Waals surface area contributed by atoms with Gasteiger partial charge in [-0.1, -0.05) is 30.8 Å². The number of hydrogen-bond acceptors (Lipinski definition) is 3. The van der Waals surface area contributed by atoms with Gasteiger partial charge in [-0.25, -0.2) is 4.79 Å². The van der Waals surface area contributed by atoms with Crippen molar-refractivity contribution in [1.29, 1.82) is 0 Å². The highest BCUT2D eigenvalue weighted by Crippen LogP contribution is 2.28. The van der Waals surface area contributed by atoms with Crippen molar-refractivity contribution < 1.29 is 9.53 Å². The lowest BCUT2D eigenvalue weighted by Gasteiger charge is -2.35. The fourth-order valence-electron chi connectivity index (χ4n) is 2.58. The standard InChI is InChI=1S/C17H24N2O2/c1-5-18-10-14-12-19(16(20)21-17(2,3)4)11-13-8-6-7-9-15(13)14/h5-9,14,18H,1,10-12H2,2-4H3. The van der Waals surface area contributed by atoms with Crippen LogP contribution in [0, 0.1) is 0 Å². The number of ether oxygens (including phenoxy) is 1. The van der Waals surface area contributed by atoms with Gasteiger partial charge in [0.05, 0.1) is 0 Å². The van der Waals surface area contributed by atoms with Crippen molar-refractivity contribution in [2.75, 3.05) is 13.1 Å². The molecule has 1 aliphatic rings. The molecule has 1 aromatic carbocycles. The summed E-state index contributed by atoms with van der Waals surface area (Å²) in [6.07, 6.45) is 1.44. The molecule has 0 fully saturated rings. The molecule has 1 amide bonds. The molecule has 0 saturated heterocycles. The molecule has 1 unspecified atom stereocenters. The highest BCUT2D eigenvalue weighted by Gasteiger charge is 2.30. The lowest BCUT2D eigenvalue weighted by molar-refractivity contribution is 0.0206. The molecule has 21 heavy (non-hydrogen) atoms. The second kappa shape index (κ2) is 6.20. The summed E-state index contributed by atoms with van der Waals surface area (Å²) in [4.78, 5) is 14.1. The van der Waals surface area contributed by atoms with Gasteiger partial charge >= 0.3 is 6.09 Å². The van der Waals surface area contributed by atoms with Gasteiger partial charge in [0.25, 0.3) is 0 Å². The van der Waals surface area contributed by atoms with Crippen LogP contribution in [0.4, 0.5) is 4.79 Å². The molecule has 0 radical (unpaired) electrons. The number of hydrogen-bond donors (Lipinski definition) is 1. The molecule has 114 valence electrons. The molecule has 0 bridgehead atoms. The average molecular weight is 288 g/mol. The highest BCUT2D eigenvalue weighted by molar-refractivity contribution is 5.69. The maximum Gasteiger partial charge on any atom is 0.410 e. The van der Waals surface area contributed by atoms with E-state index in [1.807, 2.05) is 32.9 Å². The predicted octanol–water partition coefficient (Wildman–Crippen LogP) is 3.25. The van der Waals surface area contributed by atoms with Gasteiger partial charge in [0, 0.05) is 25.6 Å². The van der Waals surface area contributed by atoms with Crippen LogP contribution in [0.15, 0.2) is 37.0 Å². The number of benzene rings is 1. The Labute approximate surface area is 126 Å². The number of rotatable bonds is 3. The quantitative estimate of drug-likeness (QED) is 0.928. The Hall–Kier alpha value is -1.97. The second-order valence-electron chi connectivity index (χ2n) is 6.37. The van der Waals surface area contributed by atoms with Crippen molar-refractivity contribution in [3.8, 4) is 0 Å². The fraction of sp³-hybridized carbons (Fsp3) is 0.471.